The lowest BCUT2D eigenvalue weighted by atomic mass is 9.93. The molecule has 0 bridgehead atoms. The van der Waals surface area contributed by atoms with Crippen molar-refractivity contribution in [1.82, 2.24) is 5.32 Å². The molecule has 0 heterocycles. The minimum absolute atomic E-state index is 0.250. The minimum Gasteiger partial charge on any atom is -0.463 e. The van der Waals surface area contributed by atoms with Crippen molar-refractivity contribution in [2.24, 2.45) is 11.8 Å². The molecule has 0 spiro atoms. The van der Waals surface area contributed by atoms with Gasteiger partial charge >= 0.3 is 5.97 Å². The van der Waals surface area contributed by atoms with Crippen LogP contribution >= 0.6 is 0 Å². The average molecular weight is 239 g/mol. The molecule has 98 valence electrons. The van der Waals surface area contributed by atoms with Crippen molar-refractivity contribution < 1.29 is 9.53 Å². The molecule has 0 aromatic carbocycles. The Morgan fingerprint density at radius 1 is 1.41 bits per heavy atom. The second-order valence-electron chi connectivity index (χ2n) is 4.77. The van der Waals surface area contributed by atoms with Crippen LogP contribution in [0.5, 0.6) is 0 Å². The summed E-state index contributed by atoms with van der Waals surface area (Å²) in [5.41, 5.74) is 0. The van der Waals surface area contributed by atoms with Gasteiger partial charge in [0.15, 0.2) is 0 Å². The summed E-state index contributed by atoms with van der Waals surface area (Å²) >= 11 is 0. The van der Waals surface area contributed by atoms with Crippen LogP contribution in [0.25, 0.3) is 0 Å². The second-order valence-corrected chi connectivity index (χ2v) is 4.77. The van der Waals surface area contributed by atoms with E-state index >= 15 is 0 Å². The summed E-state index contributed by atoms with van der Waals surface area (Å²) in [6, 6.07) is 0.604. The van der Waals surface area contributed by atoms with Gasteiger partial charge in [-0.05, 0) is 31.6 Å². The van der Waals surface area contributed by atoms with E-state index in [4.69, 9.17) is 4.74 Å². The fourth-order valence-electron chi connectivity index (χ4n) is 2.68. The molecule has 0 amide bonds. The third-order valence-electron chi connectivity index (χ3n) is 3.79. The molecule has 1 fully saturated rings. The molecule has 17 heavy (non-hydrogen) atoms. The third-order valence-corrected chi connectivity index (χ3v) is 3.79. The Balaban J connectivity index is 2.21. The van der Waals surface area contributed by atoms with Crippen molar-refractivity contribution >= 4 is 5.97 Å². The van der Waals surface area contributed by atoms with Crippen LogP contribution in [0.15, 0.2) is 12.2 Å². The van der Waals surface area contributed by atoms with E-state index in [2.05, 4.69) is 19.2 Å². The standard InChI is InChI=1S/C14H25NO2/c1-4-12-8-9-13(11(12)3)15-10-6-7-14(16)17-5-2/h6-7,11-13,15H,4-5,8-10H2,1-3H3/b7-6+. The van der Waals surface area contributed by atoms with Crippen LogP contribution in [0.1, 0.15) is 40.0 Å². The van der Waals surface area contributed by atoms with Gasteiger partial charge in [-0.15, -0.1) is 0 Å². The molecule has 1 aliphatic rings. The van der Waals surface area contributed by atoms with E-state index in [9.17, 15) is 4.79 Å². The van der Waals surface area contributed by atoms with Crippen molar-refractivity contribution in [2.45, 2.75) is 46.1 Å². The molecule has 3 unspecified atom stereocenters. The van der Waals surface area contributed by atoms with Gasteiger partial charge in [-0.2, -0.15) is 0 Å². The van der Waals surface area contributed by atoms with Gasteiger partial charge in [0.2, 0.25) is 0 Å². The average Bonchev–Trinajstić information content (AvgIpc) is 2.66. The number of hydrogen-bond acceptors (Lipinski definition) is 3. The Morgan fingerprint density at radius 3 is 2.76 bits per heavy atom. The third kappa shape index (κ3) is 4.50. The number of hydrogen-bond donors (Lipinski definition) is 1. The fraction of sp³-hybridized carbons (Fsp3) is 0.786. The SMILES string of the molecule is CCOC(=O)/C=C/CNC1CCC(CC)C1C. The number of rotatable bonds is 6. The summed E-state index contributed by atoms with van der Waals surface area (Å²) in [5.74, 6) is 1.36. The van der Waals surface area contributed by atoms with E-state index in [1.807, 2.05) is 13.0 Å². The van der Waals surface area contributed by atoms with E-state index in [1.165, 1.54) is 25.3 Å². The number of esters is 1. The van der Waals surface area contributed by atoms with Crippen LogP contribution in [0.3, 0.4) is 0 Å². The van der Waals surface area contributed by atoms with Gasteiger partial charge in [0.25, 0.3) is 0 Å². The van der Waals surface area contributed by atoms with Gasteiger partial charge in [-0.1, -0.05) is 26.3 Å². The van der Waals surface area contributed by atoms with Crippen molar-refractivity contribution in [3.8, 4) is 0 Å². The lowest BCUT2D eigenvalue weighted by molar-refractivity contribution is -0.137. The zero-order valence-electron chi connectivity index (χ0n) is 11.2. The van der Waals surface area contributed by atoms with Gasteiger partial charge in [0.05, 0.1) is 6.61 Å². The Kier molecular flexibility index (Phi) is 6.27. The van der Waals surface area contributed by atoms with Gasteiger partial charge in [-0.25, -0.2) is 4.79 Å². The predicted molar refractivity (Wildman–Crippen MR) is 69.7 cm³/mol. The van der Waals surface area contributed by atoms with Crippen LogP contribution in [0, 0.1) is 11.8 Å². The molecule has 1 rings (SSSR count). The van der Waals surface area contributed by atoms with E-state index in [-0.39, 0.29) is 5.97 Å². The Bertz CT molecular complexity index is 263. The lowest BCUT2D eigenvalue weighted by Crippen LogP contribution is -2.32. The van der Waals surface area contributed by atoms with Gasteiger partial charge in [-0.3, -0.25) is 0 Å². The van der Waals surface area contributed by atoms with Crippen LogP contribution in [-0.2, 0) is 9.53 Å². The maximum Gasteiger partial charge on any atom is 0.330 e. The number of nitrogens with one attached hydrogen (secondary N) is 1. The zero-order chi connectivity index (χ0) is 12.7. The van der Waals surface area contributed by atoms with E-state index in [1.54, 1.807) is 0 Å². The number of carbonyl (C=O) groups is 1. The maximum atomic E-state index is 11.1. The van der Waals surface area contributed by atoms with Crippen molar-refractivity contribution in [2.75, 3.05) is 13.2 Å². The lowest BCUT2D eigenvalue weighted by Gasteiger charge is -2.20. The highest BCUT2D eigenvalue weighted by Gasteiger charge is 2.30. The second kappa shape index (κ2) is 7.49. The van der Waals surface area contributed by atoms with Crippen LogP contribution < -0.4 is 5.32 Å². The number of carbonyl (C=O) groups excluding carboxylic acids is 1. The summed E-state index contributed by atoms with van der Waals surface area (Å²) in [6.07, 6.45) is 7.22. The Hall–Kier alpha value is -0.830. The molecule has 0 saturated heterocycles. The molecular weight excluding hydrogens is 214 g/mol. The van der Waals surface area contributed by atoms with Crippen molar-refractivity contribution in [1.29, 1.82) is 0 Å². The maximum absolute atomic E-state index is 11.1. The molecule has 0 aromatic rings. The molecule has 1 N–H and O–H groups in total. The highest BCUT2D eigenvalue weighted by atomic mass is 16.5. The molecule has 0 radical (unpaired) electrons. The summed E-state index contributed by atoms with van der Waals surface area (Å²) in [4.78, 5) is 11.1. The summed E-state index contributed by atoms with van der Waals surface area (Å²) in [6.45, 7) is 7.60. The largest absolute Gasteiger partial charge is 0.463 e. The highest BCUT2D eigenvalue weighted by Crippen LogP contribution is 2.33. The molecule has 0 aliphatic heterocycles. The predicted octanol–water partition coefficient (Wildman–Crippen LogP) is 2.52. The normalized spacial score (nSPS) is 28.8. The van der Waals surface area contributed by atoms with Crippen LogP contribution in [0.4, 0.5) is 0 Å². The van der Waals surface area contributed by atoms with Crippen LogP contribution in [0.2, 0.25) is 0 Å². The van der Waals surface area contributed by atoms with E-state index < -0.39 is 0 Å². The minimum atomic E-state index is -0.250. The smallest absolute Gasteiger partial charge is 0.330 e. The molecule has 3 atom stereocenters. The number of ether oxygens (including phenoxy) is 1. The Labute approximate surface area is 105 Å². The van der Waals surface area contributed by atoms with Crippen molar-refractivity contribution in [3.63, 3.8) is 0 Å². The Morgan fingerprint density at radius 2 is 2.18 bits per heavy atom. The van der Waals surface area contributed by atoms with Gasteiger partial charge < -0.3 is 10.1 Å². The first-order valence-corrected chi connectivity index (χ1v) is 6.75. The van der Waals surface area contributed by atoms with E-state index in [0.717, 1.165) is 18.4 Å². The quantitative estimate of drug-likeness (QED) is 0.572. The summed E-state index contributed by atoms with van der Waals surface area (Å²) in [7, 11) is 0. The molecule has 0 aromatic heterocycles. The first-order valence-electron chi connectivity index (χ1n) is 6.75. The highest BCUT2D eigenvalue weighted by molar-refractivity contribution is 5.81. The summed E-state index contributed by atoms with van der Waals surface area (Å²) < 4.78 is 4.82. The topological polar surface area (TPSA) is 38.3 Å². The molecular formula is C14H25NO2. The summed E-state index contributed by atoms with van der Waals surface area (Å²) in [5, 5.41) is 3.50. The van der Waals surface area contributed by atoms with Gasteiger partial charge in [0.1, 0.15) is 0 Å². The molecule has 1 saturated carbocycles. The first kappa shape index (κ1) is 14.2. The first-order chi connectivity index (χ1) is 8.19. The van der Waals surface area contributed by atoms with Crippen LogP contribution in [-0.4, -0.2) is 25.2 Å². The van der Waals surface area contributed by atoms with E-state index in [0.29, 0.717) is 12.6 Å². The van der Waals surface area contributed by atoms with Gasteiger partial charge in [0, 0.05) is 18.7 Å². The molecule has 1 aliphatic carbocycles. The van der Waals surface area contributed by atoms with Crippen molar-refractivity contribution in [3.05, 3.63) is 12.2 Å². The molecule has 3 nitrogen and oxygen atoms in total. The molecule has 3 heteroatoms. The monoisotopic (exact) mass is 239 g/mol. The zero-order valence-corrected chi connectivity index (χ0v) is 11.2. The fourth-order valence-corrected chi connectivity index (χ4v) is 2.68.